The fourth-order valence-electron chi connectivity index (χ4n) is 1.97. The molecule has 0 saturated carbocycles. The largest absolute Gasteiger partial charge is 0.497 e. The van der Waals surface area contributed by atoms with Gasteiger partial charge in [-0.2, -0.15) is 0 Å². The number of alkyl halides is 1. The van der Waals surface area contributed by atoms with Gasteiger partial charge < -0.3 is 9.47 Å². The molecule has 1 unspecified atom stereocenters. The van der Waals surface area contributed by atoms with Crippen molar-refractivity contribution in [1.29, 1.82) is 0 Å². The summed E-state index contributed by atoms with van der Waals surface area (Å²) in [5.41, 5.74) is 3.56. The molecule has 0 radical (unpaired) electrons. The number of methoxy groups -OCH3 is 1. The summed E-state index contributed by atoms with van der Waals surface area (Å²) < 4.78 is 11.2. The number of halogens is 1. The maximum absolute atomic E-state index is 6.00. The summed E-state index contributed by atoms with van der Waals surface area (Å²) in [5.74, 6) is 0.858. The minimum absolute atomic E-state index is 0.0572. The Morgan fingerprint density at radius 1 is 1.10 bits per heavy atom. The van der Waals surface area contributed by atoms with Crippen molar-refractivity contribution in [1.82, 2.24) is 0 Å². The first-order chi connectivity index (χ1) is 9.72. The van der Waals surface area contributed by atoms with Gasteiger partial charge in [-0.1, -0.05) is 57.9 Å². The molecule has 0 spiro atoms. The van der Waals surface area contributed by atoms with Crippen molar-refractivity contribution in [3.8, 4) is 5.75 Å². The zero-order chi connectivity index (χ0) is 14.4. The van der Waals surface area contributed by atoms with E-state index in [2.05, 4.69) is 47.1 Å². The first-order valence-corrected chi connectivity index (χ1v) is 7.72. The third-order valence-corrected chi connectivity index (χ3v) is 3.76. The first-order valence-electron chi connectivity index (χ1n) is 6.60. The molecule has 0 amide bonds. The van der Waals surface area contributed by atoms with Gasteiger partial charge in [-0.25, -0.2) is 0 Å². The van der Waals surface area contributed by atoms with E-state index in [1.807, 2.05) is 24.3 Å². The van der Waals surface area contributed by atoms with E-state index in [1.54, 1.807) is 7.11 Å². The van der Waals surface area contributed by atoms with Gasteiger partial charge in [0.1, 0.15) is 5.75 Å². The Morgan fingerprint density at radius 3 is 2.50 bits per heavy atom. The highest BCUT2D eigenvalue weighted by atomic mass is 79.9. The van der Waals surface area contributed by atoms with E-state index < -0.39 is 0 Å². The zero-order valence-electron chi connectivity index (χ0n) is 11.8. The lowest BCUT2D eigenvalue weighted by Crippen LogP contribution is -2.06. The van der Waals surface area contributed by atoms with Gasteiger partial charge in [0.25, 0.3) is 0 Å². The number of hydrogen-bond donors (Lipinski definition) is 0. The van der Waals surface area contributed by atoms with Gasteiger partial charge in [0.2, 0.25) is 0 Å². The van der Waals surface area contributed by atoms with Crippen LogP contribution in [0.25, 0.3) is 0 Å². The van der Waals surface area contributed by atoms with E-state index in [9.17, 15) is 0 Å². The van der Waals surface area contributed by atoms with E-state index >= 15 is 0 Å². The minimum atomic E-state index is 0.0572. The Balaban J connectivity index is 2.01. The van der Waals surface area contributed by atoms with Gasteiger partial charge >= 0.3 is 0 Å². The van der Waals surface area contributed by atoms with Crippen LogP contribution in [-0.4, -0.2) is 12.4 Å². The fourth-order valence-corrected chi connectivity index (χ4v) is 2.53. The van der Waals surface area contributed by atoms with Gasteiger partial charge in [-0.3, -0.25) is 0 Å². The van der Waals surface area contributed by atoms with Gasteiger partial charge in [0.05, 0.1) is 19.8 Å². The number of aryl methyl sites for hydroxylation is 1. The Labute approximate surface area is 128 Å². The molecule has 0 bridgehead atoms. The molecule has 0 N–H and O–H groups in total. The van der Waals surface area contributed by atoms with Crippen LogP contribution in [0.1, 0.15) is 22.8 Å². The molecular formula is C17H19BrO2. The SMILES string of the molecule is COc1cccc(COC(CBr)c2ccc(C)cc2)c1. The van der Waals surface area contributed by atoms with Crippen LogP contribution in [0, 0.1) is 6.92 Å². The molecule has 0 aliphatic carbocycles. The van der Waals surface area contributed by atoms with Crippen molar-refractivity contribution in [3.63, 3.8) is 0 Å². The van der Waals surface area contributed by atoms with Gasteiger partial charge in [0, 0.05) is 5.33 Å². The molecule has 106 valence electrons. The highest BCUT2D eigenvalue weighted by Gasteiger charge is 2.10. The van der Waals surface area contributed by atoms with Crippen LogP contribution in [0.15, 0.2) is 48.5 Å². The van der Waals surface area contributed by atoms with Crippen molar-refractivity contribution in [3.05, 3.63) is 65.2 Å². The molecule has 2 aromatic carbocycles. The average Bonchev–Trinajstić information content (AvgIpc) is 2.50. The summed E-state index contributed by atoms with van der Waals surface area (Å²) in [7, 11) is 1.67. The summed E-state index contributed by atoms with van der Waals surface area (Å²) in [6, 6.07) is 16.4. The molecule has 20 heavy (non-hydrogen) atoms. The Morgan fingerprint density at radius 2 is 1.85 bits per heavy atom. The molecule has 0 fully saturated rings. The summed E-state index contributed by atoms with van der Waals surface area (Å²) in [6.07, 6.45) is 0.0572. The van der Waals surface area contributed by atoms with Crippen molar-refractivity contribution in [2.75, 3.05) is 12.4 Å². The van der Waals surface area contributed by atoms with Crippen LogP contribution in [0.4, 0.5) is 0 Å². The van der Waals surface area contributed by atoms with Crippen molar-refractivity contribution < 1.29 is 9.47 Å². The van der Waals surface area contributed by atoms with E-state index in [0.29, 0.717) is 6.61 Å². The lowest BCUT2D eigenvalue weighted by Gasteiger charge is -2.16. The third kappa shape index (κ3) is 4.09. The normalized spacial score (nSPS) is 12.2. The van der Waals surface area contributed by atoms with Crippen molar-refractivity contribution in [2.45, 2.75) is 19.6 Å². The highest BCUT2D eigenvalue weighted by molar-refractivity contribution is 9.09. The van der Waals surface area contributed by atoms with Gasteiger partial charge in [-0.15, -0.1) is 0 Å². The second-order valence-corrected chi connectivity index (χ2v) is 5.36. The molecule has 1 atom stereocenters. The lowest BCUT2D eigenvalue weighted by molar-refractivity contribution is 0.0565. The maximum Gasteiger partial charge on any atom is 0.119 e. The second-order valence-electron chi connectivity index (χ2n) is 4.72. The fraction of sp³-hybridized carbons (Fsp3) is 0.294. The van der Waals surface area contributed by atoms with Crippen LogP contribution >= 0.6 is 15.9 Å². The third-order valence-electron chi connectivity index (χ3n) is 3.17. The number of rotatable bonds is 6. The topological polar surface area (TPSA) is 18.5 Å². The monoisotopic (exact) mass is 334 g/mol. The quantitative estimate of drug-likeness (QED) is 0.715. The van der Waals surface area contributed by atoms with Crippen LogP contribution in [0.3, 0.4) is 0 Å². The molecule has 0 aliphatic heterocycles. The van der Waals surface area contributed by atoms with E-state index in [-0.39, 0.29) is 6.10 Å². The van der Waals surface area contributed by atoms with Crippen LogP contribution in [-0.2, 0) is 11.3 Å². The molecular weight excluding hydrogens is 316 g/mol. The van der Waals surface area contributed by atoms with Crippen molar-refractivity contribution >= 4 is 15.9 Å². The number of ether oxygens (including phenoxy) is 2. The predicted molar refractivity (Wildman–Crippen MR) is 85.5 cm³/mol. The molecule has 0 aromatic heterocycles. The smallest absolute Gasteiger partial charge is 0.119 e. The van der Waals surface area contributed by atoms with E-state index in [4.69, 9.17) is 9.47 Å². The molecule has 2 aromatic rings. The second kappa shape index (κ2) is 7.46. The molecule has 2 nitrogen and oxygen atoms in total. The summed E-state index contributed by atoms with van der Waals surface area (Å²) in [5, 5.41) is 0.778. The Bertz CT molecular complexity index is 537. The van der Waals surface area contributed by atoms with Crippen molar-refractivity contribution in [2.24, 2.45) is 0 Å². The highest BCUT2D eigenvalue weighted by Crippen LogP contribution is 2.23. The minimum Gasteiger partial charge on any atom is -0.497 e. The Hall–Kier alpha value is -1.32. The van der Waals surface area contributed by atoms with Crippen LogP contribution in [0.5, 0.6) is 5.75 Å². The lowest BCUT2D eigenvalue weighted by atomic mass is 10.1. The van der Waals surface area contributed by atoms with Gasteiger partial charge in [-0.05, 0) is 30.2 Å². The maximum atomic E-state index is 6.00. The number of benzene rings is 2. The predicted octanol–water partition coefficient (Wildman–Crippen LogP) is 4.66. The molecule has 2 rings (SSSR count). The molecule has 0 heterocycles. The van der Waals surface area contributed by atoms with Crippen LogP contribution < -0.4 is 4.74 Å². The van der Waals surface area contributed by atoms with E-state index in [0.717, 1.165) is 16.6 Å². The summed E-state index contributed by atoms with van der Waals surface area (Å²) in [6.45, 7) is 2.66. The Kier molecular flexibility index (Phi) is 5.62. The van der Waals surface area contributed by atoms with E-state index in [1.165, 1.54) is 11.1 Å². The molecule has 3 heteroatoms. The standard InChI is InChI=1S/C17H19BrO2/c1-13-6-8-15(9-7-13)17(11-18)20-12-14-4-3-5-16(10-14)19-2/h3-10,17H,11-12H2,1-2H3. The molecule has 0 aliphatic rings. The number of hydrogen-bond acceptors (Lipinski definition) is 2. The summed E-state index contributed by atoms with van der Waals surface area (Å²) in [4.78, 5) is 0. The summed E-state index contributed by atoms with van der Waals surface area (Å²) >= 11 is 3.52. The molecule has 0 saturated heterocycles. The first kappa shape index (κ1) is 15.1. The zero-order valence-corrected chi connectivity index (χ0v) is 13.4. The van der Waals surface area contributed by atoms with Crippen LogP contribution in [0.2, 0.25) is 0 Å². The average molecular weight is 335 g/mol. The van der Waals surface area contributed by atoms with Gasteiger partial charge in [0.15, 0.2) is 0 Å².